The molecule has 6 nitrogen and oxygen atoms in total. The number of hydrogen-bond acceptors (Lipinski definition) is 5. The minimum atomic E-state index is -3.53. The molecule has 0 aliphatic heterocycles. The van der Waals surface area contributed by atoms with E-state index >= 15 is 0 Å². The van der Waals surface area contributed by atoms with E-state index in [1.165, 1.54) is 12.1 Å². The van der Waals surface area contributed by atoms with E-state index in [-0.39, 0.29) is 17.3 Å². The first-order valence-electron chi connectivity index (χ1n) is 6.17. The van der Waals surface area contributed by atoms with Gasteiger partial charge in [0.05, 0.1) is 5.75 Å². The summed E-state index contributed by atoms with van der Waals surface area (Å²) in [6.07, 6.45) is 0. The molecule has 0 atom stereocenters. The van der Waals surface area contributed by atoms with E-state index in [1.54, 1.807) is 30.3 Å². The van der Waals surface area contributed by atoms with Gasteiger partial charge in [-0.05, 0) is 29.8 Å². The summed E-state index contributed by atoms with van der Waals surface area (Å²) in [4.78, 5) is 0. The second-order valence-electron chi connectivity index (χ2n) is 4.67. The van der Waals surface area contributed by atoms with Crippen molar-refractivity contribution in [3.8, 4) is 11.5 Å². The number of phenols is 2. The maximum atomic E-state index is 11.0. The van der Waals surface area contributed by atoms with Crippen LogP contribution in [0.25, 0.3) is 0 Å². The van der Waals surface area contributed by atoms with Crippen LogP contribution in [-0.2, 0) is 22.3 Å². The second-order valence-corrected chi connectivity index (χ2v) is 6.29. The van der Waals surface area contributed by atoms with Crippen LogP contribution in [0.3, 0.4) is 0 Å². The molecule has 0 heterocycles. The molecule has 0 aromatic heterocycles. The van der Waals surface area contributed by atoms with Gasteiger partial charge < -0.3 is 15.5 Å². The quantitative estimate of drug-likeness (QED) is 0.668. The fourth-order valence-electron chi connectivity index (χ4n) is 1.85. The summed E-state index contributed by atoms with van der Waals surface area (Å²) in [6, 6.07) is 11.2. The highest BCUT2D eigenvalue weighted by Crippen LogP contribution is 2.23. The Kier molecular flexibility index (Phi) is 4.35. The molecule has 0 radical (unpaired) electrons. The molecular formula is C14H16N2O4S. The van der Waals surface area contributed by atoms with Crippen molar-refractivity contribution in [1.29, 1.82) is 0 Å². The summed E-state index contributed by atoms with van der Waals surface area (Å²) in [5.41, 5.74) is 2.03. The Morgan fingerprint density at radius 1 is 1.05 bits per heavy atom. The Morgan fingerprint density at radius 2 is 1.71 bits per heavy atom. The zero-order chi connectivity index (χ0) is 15.5. The number of nitrogens with one attached hydrogen (secondary N) is 1. The normalized spacial score (nSPS) is 11.3. The molecule has 5 N–H and O–H groups in total. The van der Waals surface area contributed by atoms with Crippen LogP contribution >= 0.6 is 0 Å². The molecule has 7 heteroatoms. The fraction of sp³-hybridized carbons (Fsp3) is 0.143. The standard InChI is InChI=1S/C14H16N2O4S/c15-21(19,20)9-10-1-4-12(5-2-10)16-8-11-3-6-13(17)7-14(11)18/h1-7,16-18H,8-9H2,(H2,15,19,20). The van der Waals surface area contributed by atoms with E-state index < -0.39 is 10.0 Å². The summed E-state index contributed by atoms with van der Waals surface area (Å²) in [5, 5.41) is 26.9. The summed E-state index contributed by atoms with van der Waals surface area (Å²) in [5.74, 6) is -0.191. The first-order valence-corrected chi connectivity index (χ1v) is 7.89. The van der Waals surface area contributed by atoms with Crippen molar-refractivity contribution in [3.05, 3.63) is 53.6 Å². The lowest BCUT2D eigenvalue weighted by atomic mass is 10.1. The Hall–Kier alpha value is -2.25. The molecule has 0 unspecified atom stereocenters. The van der Waals surface area contributed by atoms with Crippen molar-refractivity contribution in [2.45, 2.75) is 12.3 Å². The number of nitrogens with two attached hydrogens (primary N) is 1. The van der Waals surface area contributed by atoms with Gasteiger partial charge in [-0.2, -0.15) is 0 Å². The highest BCUT2D eigenvalue weighted by atomic mass is 32.2. The number of aromatic hydroxyl groups is 2. The van der Waals surface area contributed by atoms with Gasteiger partial charge in [0.15, 0.2) is 0 Å². The van der Waals surface area contributed by atoms with E-state index in [2.05, 4.69) is 5.32 Å². The average Bonchev–Trinajstić information content (AvgIpc) is 2.38. The van der Waals surface area contributed by atoms with E-state index in [9.17, 15) is 18.6 Å². The molecule has 112 valence electrons. The molecule has 0 bridgehead atoms. The van der Waals surface area contributed by atoms with Crippen LogP contribution in [-0.4, -0.2) is 18.6 Å². The number of rotatable bonds is 5. The number of phenolic OH excluding ortho intramolecular Hbond substituents is 2. The monoisotopic (exact) mass is 308 g/mol. The maximum Gasteiger partial charge on any atom is 0.213 e. The lowest BCUT2D eigenvalue weighted by Crippen LogP contribution is -2.14. The molecule has 0 spiro atoms. The predicted molar refractivity (Wildman–Crippen MR) is 80.4 cm³/mol. The molecule has 2 rings (SSSR count). The predicted octanol–water partition coefficient (Wildman–Crippen LogP) is 1.50. The third-order valence-electron chi connectivity index (χ3n) is 2.87. The minimum absolute atomic E-state index is 0.00333. The van der Waals surface area contributed by atoms with E-state index in [1.807, 2.05) is 0 Å². The lowest BCUT2D eigenvalue weighted by Gasteiger charge is -2.09. The van der Waals surface area contributed by atoms with Gasteiger partial charge in [0.25, 0.3) is 0 Å². The second kappa shape index (κ2) is 6.02. The van der Waals surface area contributed by atoms with Crippen molar-refractivity contribution >= 4 is 15.7 Å². The smallest absolute Gasteiger partial charge is 0.213 e. The number of sulfonamides is 1. The van der Waals surface area contributed by atoms with E-state index in [0.717, 1.165) is 5.69 Å². The van der Waals surface area contributed by atoms with Crippen LogP contribution in [0.1, 0.15) is 11.1 Å². The van der Waals surface area contributed by atoms with Gasteiger partial charge in [0.1, 0.15) is 11.5 Å². The Bertz CT molecular complexity index is 727. The zero-order valence-corrected chi connectivity index (χ0v) is 12.0. The first-order chi connectivity index (χ1) is 9.83. The molecule has 21 heavy (non-hydrogen) atoms. The molecular weight excluding hydrogens is 292 g/mol. The first kappa shape index (κ1) is 15.1. The number of benzene rings is 2. The summed E-state index contributed by atoms with van der Waals surface area (Å²) >= 11 is 0. The van der Waals surface area contributed by atoms with Gasteiger partial charge in [-0.3, -0.25) is 0 Å². The largest absolute Gasteiger partial charge is 0.508 e. The van der Waals surface area contributed by atoms with Crippen LogP contribution in [0.5, 0.6) is 11.5 Å². The van der Waals surface area contributed by atoms with Crippen LogP contribution in [0, 0.1) is 0 Å². The maximum absolute atomic E-state index is 11.0. The van der Waals surface area contributed by atoms with Gasteiger partial charge in [-0.25, -0.2) is 13.6 Å². The van der Waals surface area contributed by atoms with Crippen molar-refractivity contribution < 1.29 is 18.6 Å². The minimum Gasteiger partial charge on any atom is -0.508 e. The van der Waals surface area contributed by atoms with Crippen LogP contribution in [0.15, 0.2) is 42.5 Å². The SMILES string of the molecule is NS(=O)(=O)Cc1ccc(NCc2ccc(O)cc2O)cc1. The van der Waals surface area contributed by atoms with Crippen LogP contribution < -0.4 is 10.5 Å². The molecule has 2 aromatic carbocycles. The van der Waals surface area contributed by atoms with Gasteiger partial charge in [0, 0.05) is 23.9 Å². The zero-order valence-electron chi connectivity index (χ0n) is 11.2. The highest BCUT2D eigenvalue weighted by molar-refractivity contribution is 7.88. The summed E-state index contributed by atoms with van der Waals surface area (Å²) < 4.78 is 22.0. The van der Waals surface area contributed by atoms with Gasteiger partial charge in [-0.15, -0.1) is 0 Å². The van der Waals surface area contributed by atoms with Crippen molar-refractivity contribution in [3.63, 3.8) is 0 Å². The number of primary sulfonamides is 1. The number of hydrogen-bond donors (Lipinski definition) is 4. The van der Waals surface area contributed by atoms with E-state index in [0.29, 0.717) is 17.7 Å². The van der Waals surface area contributed by atoms with Crippen LogP contribution in [0.4, 0.5) is 5.69 Å². The van der Waals surface area contributed by atoms with Crippen molar-refractivity contribution in [2.75, 3.05) is 5.32 Å². The molecule has 0 saturated heterocycles. The lowest BCUT2D eigenvalue weighted by molar-refractivity contribution is 0.446. The third kappa shape index (κ3) is 4.66. The third-order valence-corrected chi connectivity index (χ3v) is 3.61. The topological polar surface area (TPSA) is 113 Å². The van der Waals surface area contributed by atoms with Crippen molar-refractivity contribution in [1.82, 2.24) is 0 Å². The number of anilines is 1. The van der Waals surface area contributed by atoms with Gasteiger partial charge >= 0.3 is 0 Å². The Labute approximate surface area is 122 Å². The molecule has 0 aliphatic carbocycles. The summed E-state index contributed by atoms with van der Waals surface area (Å²) in [7, 11) is -3.53. The fourth-order valence-corrected chi connectivity index (χ4v) is 2.51. The van der Waals surface area contributed by atoms with Crippen molar-refractivity contribution in [2.24, 2.45) is 5.14 Å². The Balaban J connectivity index is 2.00. The molecule has 0 saturated carbocycles. The summed E-state index contributed by atoms with van der Waals surface area (Å²) in [6.45, 7) is 0.376. The molecule has 2 aromatic rings. The average molecular weight is 308 g/mol. The van der Waals surface area contributed by atoms with Gasteiger partial charge in [0.2, 0.25) is 10.0 Å². The molecule has 0 fully saturated rings. The van der Waals surface area contributed by atoms with Crippen LogP contribution in [0.2, 0.25) is 0 Å². The van der Waals surface area contributed by atoms with E-state index in [4.69, 9.17) is 5.14 Å². The highest BCUT2D eigenvalue weighted by Gasteiger charge is 2.05. The molecule has 0 aliphatic rings. The van der Waals surface area contributed by atoms with Gasteiger partial charge in [-0.1, -0.05) is 12.1 Å². The Morgan fingerprint density at radius 3 is 2.29 bits per heavy atom. The molecule has 0 amide bonds.